The first-order valence-corrected chi connectivity index (χ1v) is 8.70. The van der Waals surface area contributed by atoms with Crippen LogP contribution in [0.25, 0.3) is 0 Å². The third kappa shape index (κ3) is 3.80. The maximum atomic E-state index is 6.19. The predicted octanol–water partition coefficient (Wildman–Crippen LogP) is 4.08. The van der Waals surface area contributed by atoms with E-state index >= 15 is 0 Å². The lowest BCUT2D eigenvalue weighted by Gasteiger charge is -2.38. The summed E-state index contributed by atoms with van der Waals surface area (Å²) in [5.41, 5.74) is -0.118. The van der Waals surface area contributed by atoms with E-state index in [9.17, 15) is 0 Å². The van der Waals surface area contributed by atoms with Gasteiger partial charge in [-0.15, -0.1) is 11.3 Å². The van der Waals surface area contributed by atoms with Crippen LogP contribution in [0.3, 0.4) is 0 Å². The Balaban J connectivity index is 2.13. The molecule has 1 N–H and O–H groups in total. The molecule has 20 heavy (non-hydrogen) atoms. The van der Waals surface area contributed by atoms with Gasteiger partial charge in [0, 0.05) is 30.3 Å². The summed E-state index contributed by atoms with van der Waals surface area (Å²) >= 11 is 1.82. The van der Waals surface area contributed by atoms with Crippen LogP contribution in [0.5, 0.6) is 0 Å². The molecule has 1 aromatic heterocycles. The summed E-state index contributed by atoms with van der Waals surface area (Å²) in [5, 5.41) is 4.65. The zero-order valence-corrected chi connectivity index (χ0v) is 14.1. The van der Waals surface area contributed by atoms with Gasteiger partial charge in [-0.25, -0.2) is 4.98 Å². The van der Waals surface area contributed by atoms with Crippen LogP contribution in [0.2, 0.25) is 0 Å². The van der Waals surface area contributed by atoms with E-state index in [1.165, 1.54) is 22.7 Å². The van der Waals surface area contributed by atoms with Crippen LogP contribution in [-0.2, 0) is 16.9 Å². The SMILES string of the molecule is CCOC1(c2ncc(CNC(C)C)s2)CCCC(C)C1. The van der Waals surface area contributed by atoms with Gasteiger partial charge in [-0.3, -0.25) is 0 Å². The second-order valence-electron chi connectivity index (χ2n) is 6.30. The molecule has 1 heterocycles. The quantitative estimate of drug-likeness (QED) is 0.859. The molecule has 1 aliphatic rings. The number of rotatable bonds is 6. The van der Waals surface area contributed by atoms with Crippen LogP contribution in [-0.4, -0.2) is 17.6 Å². The second-order valence-corrected chi connectivity index (χ2v) is 7.41. The van der Waals surface area contributed by atoms with Crippen LogP contribution < -0.4 is 5.32 Å². The highest BCUT2D eigenvalue weighted by Crippen LogP contribution is 2.44. The predicted molar refractivity (Wildman–Crippen MR) is 85.0 cm³/mol. The van der Waals surface area contributed by atoms with Crippen molar-refractivity contribution in [1.29, 1.82) is 0 Å². The van der Waals surface area contributed by atoms with Crippen LogP contribution in [0.15, 0.2) is 6.20 Å². The molecule has 0 aromatic carbocycles. The summed E-state index contributed by atoms with van der Waals surface area (Å²) in [6, 6.07) is 0.510. The summed E-state index contributed by atoms with van der Waals surface area (Å²) in [7, 11) is 0. The summed E-state index contributed by atoms with van der Waals surface area (Å²) in [6.45, 7) is 10.5. The first-order valence-electron chi connectivity index (χ1n) is 7.88. The molecule has 1 aliphatic carbocycles. The van der Waals surface area contributed by atoms with Crippen molar-refractivity contribution in [1.82, 2.24) is 10.3 Å². The molecule has 0 saturated heterocycles. The Morgan fingerprint density at radius 2 is 2.35 bits per heavy atom. The van der Waals surface area contributed by atoms with Crippen molar-refractivity contribution < 1.29 is 4.74 Å². The third-order valence-electron chi connectivity index (χ3n) is 4.00. The average molecular weight is 296 g/mol. The number of hydrogen-bond acceptors (Lipinski definition) is 4. The molecule has 0 spiro atoms. The summed E-state index contributed by atoms with van der Waals surface area (Å²) < 4.78 is 6.19. The standard InChI is InChI=1S/C16H28N2OS/c1-5-19-16(8-6-7-13(4)9-16)15-18-11-14(20-15)10-17-12(2)3/h11-13,17H,5-10H2,1-4H3. The molecule has 2 unspecified atom stereocenters. The van der Waals surface area contributed by atoms with E-state index in [4.69, 9.17) is 9.72 Å². The van der Waals surface area contributed by atoms with Gasteiger partial charge >= 0.3 is 0 Å². The lowest BCUT2D eigenvalue weighted by molar-refractivity contribution is -0.0820. The van der Waals surface area contributed by atoms with Gasteiger partial charge in [0.1, 0.15) is 10.6 Å². The van der Waals surface area contributed by atoms with E-state index in [0.717, 1.165) is 31.9 Å². The number of hydrogen-bond donors (Lipinski definition) is 1. The average Bonchev–Trinajstić information content (AvgIpc) is 2.86. The molecule has 1 aromatic rings. The molecule has 0 bridgehead atoms. The molecule has 0 aliphatic heterocycles. The second kappa shape index (κ2) is 7.01. The van der Waals surface area contributed by atoms with Crippen molar-refractivity contribution in [3.8, 4) is 0 Å². The zero-order valence-electron chi connectivity index (χ0n) is 13.2. The van der Waals surface area contributed by atoms with Crippen LogP contribution >= 0.6 is 11.3 Å². The molecule has 3 nitrogen and oxygen atoms in total. The van der Waals surface area contributed by atoms with Gasteiger partial charge in [-0.2, -0.15) is 0 Å². The Hall–Kier alpha value is -0.450. The maximum Gasteiger partial charge on any atom is 0.125 e. The largest absolute Gasteiger partial charge is 0.368 e. The van der Waals surface area contributed by atoms with Crippen LogP contribution in [0.4, 0.5) is 0 Å². The molecule has 2 rings (SSSR count). The van der Waals surface area contributed by atoms with E-state index in [2.05, 4.69) is 33.0 Å². The molecule has 1 fully saturated rings. The number of nitrogens with one attached hydrogen (secondary N) is 1. The van der Waals surface area contributed by atoms with Gasteiger partial charge in [0.2, 0.25) is 0 Å². The molecule has 4 heteroatoms. The van der Waals surface area contributed by atoms with E-state index < -0.39 is 0 Å². The maximum absolute atomic E-state index is 6.19. The number of aromatic nitrogens is 1. The summed E-state index contributed by atoms with van der Waals surface area (Å²) in [6.07, 6.45) is 6.83. The highest BCUT2D eigenvalue weighted by atomic mass is 32.1. The Kier molecular flexibility index (Phi) is 5.58. The zero-order chi connectivity index (χ0) is 14.6. The fraction of sp³-hybridized carbons (Fsp3) is 0.812. The molecule has 2 atom stereocenters. The van der Waals surface area contributed by atoms with Gasteiger partial charge in [-0.05, 0) is 32.1 Å². The Morgan fingerprint density at radius 1 is 1.55 bits per heavy atom. The summed E-state index contributed by atoms with van der Waals surface area (Å²) in [5.74, 6) is 0.733. The van der Waals surface area contributed by atoms with E-state index in [1.54, 1.807) is 0 Å². The fourth-order valence-corrected chi connectivity index (χ4v) is 4.12. The minimum absolute atomic E-state index is 0.118. The van der Waals surface area contributed by atoms with Gasteiger partial charge in [0.25, 0.3) is 0 Å². The molecule has 0 radical (unpaired) electrons. The highest BCUT2D eigenvalue weighted by molar-refractivity contribution is 7.11. The van der Waals surface area contributed by atoms with E-state index in [0.29, 0.717) is 6.04 Å². The van der Waals surface area contributed by atoms with Crippen molar-refractivity contribution in [2.24, 2.45) is 5.92 Å². The van der Waals surface area contributed by atoms with E-state index in [1.807, 2.05) is 17.5 Å². The first-order chi connectivity index (χ1) is 9.55. The number of thiazole rings is 1. The minimum atomic E-state index is -0.118. The van der Waals surface area contributed by atoms with E-state index in [-0.39, 0.29) is 5.60 Å². The van der Waals surface area contributed by atoms with Crippen molar-refractivity contribution in [2.45, 2.75) is 71.6 Å². The van der Waals surface area contributed by atoms with Crippen molar-refractivity contribution in [3.63, 3.8) is 0 Å². The van der Waals surface area contributed by atoms with Crippen LogP contribution in [0.1, 0.15) is 63.3 Å². The molecule has 114 valence electrons. The lowest BCUT2D eigenvalue weighted by Crippen LogP contribution is -2.35. The van der Waals surface area contributed by atoms with Gasteiger partial charge in [-0.1, -0.05) is 27.2 Å². The Morgan fingerprint density at radius 3 is 3.00 bits per heavy atom. The minimum Gasteiger partial charge on any atom is -0.368 e. The van der Waals surface area contributed by atoms with Gasteiger partial charge < -0.3 is 10.1 Å². The normalized spacial score (nSPS) is 27.1. The van der Waals surface area contributed by atoms with Crippen molar-refractivity contribution in [2.75, 3.05) is 6.61 Å². The van der Waals surface area contributed by atoms with Gasteiger partial charge in [0.05, 0.1) is 0 Å². The molecular weight excluding hydrogens is 268 g/mol. The molecule has 0 amide bonds. The van der Waals surface area contributed by atoms with Crippen LogP contribution in [0, 0.1) is 5.92 Å². The third-order valence-corrected chi connectivity index (χ3v) is 5.19. The monoisotopic (exact) mass is 296 g/mol. The topological polar surface area (TPSA) is 34.1 Å². The van der Waals surface area contributed by atoms with Crippen molar-refractivity contribution in [3.05, 3.63) is 16.1 Å². The first kappa shape index (κ1) is 15.9. The number of nitrogens with zero attached hydrogens (tertiary/aromatic N) is 1. The summed E-state index contributed by atoms with van der Waals surface area (Å²) in [4.78, 5) is 6.01. The molecular formula is C16H28N2OS. The Labute approximate surface area is 127 Å². The Bertz CT molecular complexity index is 414. The van der Waals surface area contributed by atoms with Gasteiger partial charge in [0.15, 0.2) is 0 Å². The smallest absolute Gasteiger partial charge is 0.125 e. The molecule has 1 saturated carbocycles. The lowest BCUT2D eigenvalue weighted by atomic mass is 9.79. The fourth-order valence-electron chi connectivity index (χ4n) is 3.07. The highest BCUT2D eigenvalue weighted by Gasteiger charge is 2.39. The van der Waals surface area contributed by atoms with Crippen molar-refractivity contribution >= 4 is 11.3 Å². The number of ether oxygens (including phenoxy) is 1.